The Balaban J connectivity index is 1.50. The van der Waals surface area contributed by atoms with Gasteiger partial charge in [0.05, 0.1) is 24.5 Å². The summed E-state index contributed by atoms with van der Waals surface area (Å²) < 4.78 is 1.66. The molecule has 2 aliphatic rings. The van der Waals surface area contributed by atoms with E-state index in [-0.39, 0.29) is 5.91 Å². The van der Waals surface area contributed by atoms with Gasteiger partial charge in [-0.2, -0.15) is 5.10 Å². The van der Waals surface area contributed by atoms with Crippen LogP contribution in [0.4, 0.5) is 5.69 Å². The quantitative estimate of drug-likeness (QED) is 0.748. The molecular formula is C13H21N5O2. The van der Waals surface area contributed by atoms with Crippen LogP contribution in [0, 0.1) is 0 Å². The Morgan fingerprint density at radius 3 is 3.05 bits per heavy atom. The molecule has 3 rings (SSSR count). The first-order chi connectivity index (χ1) is 9.61. The Morgan fingerprint density at radius 1 is 1.45 bits per heavy atom. The number of hydrogen-bond donors (Lipinski definition) is 2. The van der Waals surface area contributed by atoms with Gasteiger partial charge in [0.2, 0.25) is 5.91 Å². The van der Waals surface area contributed by atoms with Crippen molar-refractivity contribution in [2.24, 2.45) is 0 Å². The average molecular weight is 279 g/mol. The minimum absolute atomic E-state index is 0.280. The van der Waals surface area contributed by atoms with Gasteiger partial charge >= 0.3 is 0 Å². The number of aromatic nitrogens is 2. The largest absolute Gasteiger partial charge is 0.396 e. The van der Waals surface area contributed by atoms with Crippen molar-refractivity contribution < 1.29 is 9.90 Å². The monoisotopic (exact) mass is 279 g/mol. The molecule has 0 bridgehead atoms. The van der Waals surface area contributed by atoms with E-state index >= 15 is 0 Å². The van der Waals surface area contributed by atoms with Crippen molar-refractivity contribution in [1.29, 1.82) is 0 Å². The number of hydrogen-bond acceptors (Lipinski definition) is 5. The Labute approximate surface area is 117 Å². The second kappa shape index (κ2) is 5.41. The van der Waals surface area contributed by atoms with Crippen LogP contribution in [0.5, 0.6) is 0 Å². The fourth-order valence-electron chi connectivity index (χ4n) is 3.15. The van der Waals surface area contributed by atoms with E-state index in [9.17, 15) is 9.90 Å². The molecule has 1 aromatic rings. The number of amides is 1. The summed E-state index contributed by atoms with van der Waals surface area (Å²) in [5.74, 6) is 0.280. The van der Waals surface area contributed by atoms with Crippen molar-refractivity contribution in [1.82, 2.24) is 19.6 Å². The minimum atomic E-state index is -0.474. The maximum Gasteiger partial charge on any atom is 0.222 e. The summed E-state index contributed by atoms with van der Waals surface area (Å²) in [6.07, 6.45) is 4.44. The molecule has 1 amide bonds. The molecule has 1 aromatic heterocycles. The van der Waals surface area contributed by atoms with Gasteiger partial charge in [0, 0.05) is 44.8 Å². The summed E-state index contributed by atoms with van der Waals surface area (Å²) in [5, 5.41) is 14.2. The molecule has 3 heterocycles. The molecular weight excluding hydrogens is 258 g/mol. The third-order valence-electron chi connectivity index (χ3n) is 4.10. The average Bonchev–Trinajstić information content (AvgIpc) is 2.96. The molecule has 0 aromatic carbocycles. The Morgan fingerprint density at radius 2 is 2.30 bits per heavy atom. The smallest absolute Gasteiger partial charge is 0.222 e. The Bertz CT molecular complexity index is 489. The molecule has 20 heavy (non-hydrogen) atoms. The highest BCUT2D eigenvalue weighted by Crippen LogP contribution is 2.22. The van der Waals surface area contributed by atoms with Crippen LogP contribution in [0.3, 0.4) is 0 Å². The standard InChI is InChI=1S/C13H21N5O2/c14-10-5-15-17(6-10)9-12(19)8-16-3-4-18-11(7-16)1-2-13(18)20/h5-6,11-12,19H,1-4,7-9,14H2. The highest BCUT2D eigenvalue weighted by molar-refractivity contribution is 5.78. The van der Waals surface area contributed by atoms with Gasteiger partial charge in [-0.25, -0.2) is 0 Å². The number of rotatable bonds is 4. The lowest BCUT2D eigenvalue weighted by Crippen LogP contribution is -2.53. The van der Waals surface area contributed by atoms with Gasteiger partial charge in [-0.05, 0) is 6.42 Å². The fourth-order valence-corrected chi connectivity index (χ4v) is 3.15. The maximum absolute atomic E-state index is 11.6. The van der Waals surface area contributed by atoms with E-state index in [1.165, 1.54) is 0 Å². The van der Waals surface area contributed by atoms with Crippen LogP contribution in [0.25, 0.3) is 0 Å². The van der Waals surface area contributed by atoms with E-state index in [0.717, 1.165) is 26.1 Å². The van der Waals surface area contributed by atoms with Gasteiger partial charge in [-0.15, -0.1) is 0 Å². The summed E-state index contributed by atoms with van der Waals surface area (Å²) in [6, 6.07) is 0.337. The SMILES string of the molecule is Nc1cnn(CC(O)CN2CCN3C(=O)CCC3C2)c1. The zero-order valence-electron chi connectivity index (χ0n) is 11.5. The van der Waals surface area contributed by atoms with E-state index in [1.807, 2.05) is 4.90 Å². The second-order valence-corrected chi connectivity index (χ2v) is 5.69. The minimum Gasteiger partial charge on any atom is -0.396 e. The van der Waals surface area contributed by atoms with Crippen LogP contribution < -0.4 is 5.73 Å². The second-order valence-electron chi connectivity index (χ2n) is 5.69. The number of nitrogens with zero attached hydrogens (tertiary/aromatic N) is 4. The molecule has 2 fully saturated rings. The van der Waals surface area contributed by atoms with E-state index in [1.54, 1.807) is 17.1 Å². The third-order valence-corrected chi connectivity index (χ3v) is 4.10. The number of fused-ring (bicyclic) bond motifs is 1. The molecule has 2 saturated heterocycles. The number of piperazine rings is 1. The van der Waals surface area contributed by atoms with Crippen molar-refractivity contribution in [3.63, 3.8) is 0 Å². The number of nitrogen functional groups attached to an aromatic ring is 1. The van der Waals surface area contributed by atoms with Crippen LogP contribution in [0.2, 0.25) is 0 Å². The normalized spacial score (nSPS) is 24.9. The lowest BCUT2D eigenvalue weighted by Gasteiger charge is -2.38. The van der Waals surface area contributed by atoms with Crippen LogP contribution >= 0.6 is 0 Å². The van der Waals surface area contributed by atoms with Gasteiger partial charge in [-0.1, -0.05) is 0 Å². The molecule has 110 valence electrons. The zero-order valence-corrected chi connectivity index (χ0v) is 11.5. The van der Waals surface area contributed by atoms with Crippen molar-refractivity contribution in [2.45, 2.75) is 31.5 Å². The third kappa shape index (κ3) is 2.78. The number of nitrogens with two attached hydrogens (primary N) is 1. The lowest BCUT2D eigenvalue weighted by molar-refractivity contribution is -0.130. The van der Waals surface area contributed by atoms with E-state index in [2.05, 4.69) is 10.00 Å². The van der Waals surface area contributed by atoms with Gasteiger partial charge in [0.15, 0.2) is 0 Å². The van der Waals surface area contributed by atoms with E-state index in [0.29, 0.717) is 31.2 Å². The predicted molar refractivity (Wildman–Crippen MR) is 73.8 cm³/mol. The maximum atomic E-state index is 11.6. The molecule has 7 nitrogen and oxygen atoms in total. The lowest BCUT2D eigenvalue weighted by atomic mass is 10.1. The number of aliphatic hydroxyl groups excluding tert-OH is 1. The molecule has 3 N–H and O–H groups in total. The first kappa shape index (κ1) is 13.4. The summed E-state index contributed by atoms with van der Waals surface area (Å²) in [5.41, 5.74) is 6.20. The number of carbonyl (C=O) groups excluding carboxylic acids is 1. The Kier molecular flexibility index (Phi) is 3.62. The molecule has 2 aliphatic heterocycles. The number of aliphatic hydroxyl groups is 1. The van der Waals surface area contributed by atoms with Crippen molar-refractivity contribution in [3.05, 3.63) is 12.4 Å². The van der Waals surface area contributed by atoms with Crippen LogP contribution in [0.15, 0.2) is 12.4 Å². The van der Waals surface area contributed by atoms with E-state index in [4.69, 9.17) is 5.73 Å². The summed E-state index contributed by atoms with van der Waals surface area (Å²) in [4.78, 5) is 15.8. The van der Waals surface area contributed by atoms with Crippen molar-refractivity contribution >= 4 is 11.6 Å². The zero-order chi connectivity index (χ0) is 14.1. The van der Waals surface area contributed by atoms with Crippen molar-refractivity contribution in [3.8, 4) is 0 Å². The molecule has 0 radical (unpaired) electrons. The van der Waals surface area contributed by atoms with Crippen LogP contribution in [-0.2, 0) is 11.3 Å². The first-order valence-electron chi connectivity index (χ1n) is 7.09. The molecule has 7 heteroatoms. The van der Waals surface area contributed by atoms with E-state index < -0.39 is 6.10 Å². The first-order valence-corrected chi connectivity index (χ1v) is 7.09. The van der Waals surface area contributed by atoms with Gasteiger partial charge in [-0.3, -0.25) is 14.4 Å². The summed E-state index contributed by atoms with van der Waals surface area (Å²) >= 11 is 0. The highest BCUT2D eigenvalue weighted by Gasteiger charge is 2.35. The predicted octanol–water partition coefficient (Wildman–Crippen LogP) is -0.867. The van der Waals surface area contributed by atoms with Gasteiger partial charge < -0.3 is 15.7 Å². The van der Waals surface area contributed by atoms with Crippen LogP contribution in [0.1, 0.15) is 12.8 Å². The molecule has 0 aliphatic carbocycles. The summed E-state index contributed by atoms with van der Waals surface area (Å²) in [6.45, 7) is 3.54. The summed E-state index contributed by atoms with van der Waals surface area (Å²) in [7, 11) is 0. The van der Waals surface area contributed by atoms with Gasteiger partial charge in [0.25, 0.3) is 0 Å². The number of carbonyl (C=O) groups is 1. The molecule has 2 unspecified atom stereocenters. The van der Waals surface area contributed by atoms with Gasteiger partial charge in [0.1, 0.15) is 0 Å². The molecule has 0 saturated carbocycles. The Hall–Kier alpha value is -1.60. The van der Waals surface area contributed by atoms with Crippen LogP contribution in [-0.4, -0.2) is 68.9 Å². The number of anilines is 1. The topological polar surface area (TPSA) is 87.6 Å². The van der Waals surface area contributed by atoms with Crippen molar-refractivity contribution in [2.75, 3.05) is 31.9 Å². The molecule has 0 spiro atoms. The molecule has 2 atom stereocenters. The number of β-amino-alcohol motifs (C(OH)–C–C–N with tert-alkyl or cyclic N) is 1. The fraction of sp³-hybridized carbons (Fsp3) is 0.692. The highest BCUT2D eigenvalue weighted by atomic mass is 16.3.